The Bertz CT molecular complexity index is 1090. The molecule has 0 aliphatic carbocycles. The fourth-order valence-corrected chi connectivity index (χ4v) is 5.87. The van der Waals surface area contributed by atoms with Crippen LogP contribution in [0.5, 0.6) is 5.75 Å². The first-order valence-corrected chi connectivity index (χ1v) is 12.9. The van der Waals surface area contributed by atoms with E-state index >= 15 is 0 Å². The first-order chi connectivity index (χ1) is 16.7. The summed E-state index contributed by atoms with van der Waals surface area (Å²) in [6, 6.07) is 20.5. The number of hydrogen-bond acceptors (Lipinski definition) is 5. The van der Waals surface area contributed by atoms with Gasteiger partial charge in [0, 0.05) is 42.9 Å². The second kappa shape index (κ2) is 10.7. The Hall–Kier alpha value is -2.76. The monoisotopic (exact) mass is 456 g/mol. The summed E-state index contributed by atoms with van der Waals surface area (Å²) in [5.74, 6) is 1.21. The molecule has 2 N–H and O–H groups in total. The van der Waals surface area contributed by atoms with Crippen LogP contribution in [-0.4, -0.2) is 44.6 Å². The van der Waals surface area contributed by atoms with Crippen molar-refractivity contribution in [3.63, 3.8) is 0 Å². The van der Waals surface area contributed by atoms with Crippen molar-refractivity contribution in [3.8, 4) is 17.0 Å². The summed E-state index contributed by atoms with van der Waals surface area (Å²) in [4.78, 5) is 12.1. The highest BCUT2D eigenvalue weighted by Gasteiger charge is 2.40. The van der Waals surface area contributed by atoms with Gasteiger partial charge in [0.2, 0.25) is 0 Å². The summed E-state index contributed by atoms with van der Waals surface area (Å²) >= 11 is 0. The number of phenols is 1. The summed E-state index contributed by atoms with van der Waals surface area (Å²) in [5, 5.41) is 13.3. The zero-order chi connectivity index (χ0) is 23.3. The molecule has 2 unspecified atom stereocenters. The number of piperidine rings is 1. The second-order valence-corrected chi connectivity index (χ2v) is 9.87. The summed E-state index contributed by atoms with van der Waals surface area (Å²) in [7, 11) is 0. The molecule has 2 bridgehead atoms. The molecule has 5 nitrogen and oxygen atoms in total. The number of rotatable bonds is 9. The molecular weight excluding hydrogens is 420 g/mol. The minimum Gasteiger partial charge on any atom is -0.508 e. The van der Waals surface area contributed by atoms with Crippen molar-refractivity contribution in [1.82, 2.24) is 20.2 Å². The lowest BCUT2D eigenvalue weighted by Crippen LogP contribution is -2.48. The molecule has 2 saturated heterocycles. The molecule has 2 aliphatic rings. The highest BCUT2D eigenvalue weighted by molar-refractivity contribution is 5.59. The molecule has 178 valence electrons. The van der Waals surface area contributed by atoms with Crippen LogP contribution in [0, 0.1) is 0 Å². The Morgan fingerprint density at radius 3 is 2.56 bits per heavy atom. The summed E-state index contributed by atoms with van der Waals surface area (Å²) in [6.07, 6.45) is 9.80. The number of hydrogen-bond donors (Lipinski definition) is 2. The van der Waals surface area contributed by atoms with Gasteiger partial charge in [0.15, 0.2) is 0 Å². The maximum atomic E-state index is 9.65. The number of benzene rings is 2. The fraction of sp³-hybridized carbons (Fsp3) is 0.448. The van der Waals surface area contributed by atoms with Crippen LogP contribution >= 0.6 is 0 Å². The van der Waals surface area contributed by atoms with E-state index in [9.17, 15) is 5.11 Å². The van der Waals surface area contributed by atoms with Gasteiger partial charge in [-0.2, -0.15) is 0 Å². The molecule has 0 saturated carbocycles. The molecule has 2 atom stereocenters. The summed E-state index contributed by atoms with van der Waals surface area (Å²) in [6.45, 7) is 4.32. The number of phenolic OH excluding ortho intramolecular Hbond substituents is 1. The molecule has 34 heavy (non-hydrogen) atoms. The lowest BCUT2D eigenvalue weighted by Gasteiger charge is -2.39. The zero-order valence-electron chi connectivity index (χ0n) is 20.2. The van der Waals surface area contributed by atoms with Gasteiger partial charge in [-0.15, -0.1) is 0 Å². The molecule has 3 heterocycles. The number of nitrogens with zero attached hydrogens (tertiary/aromatic N) is 3. The quantitative estimate of drug-likeness (QED) is 0.467. The van der Waals surface area contributed by atoms with Gasteiger partial charge in [0.05, 0.1) is 5.69 Å². The van der Waals surface area contributed by atoms with E-state index in [1.807, 2.05) is 24.4 Å². The van der Waals surface area contributed by atoms with Gasteiger partial charge in [-0.05, 0) is 80.5 Å². The highest BCUT2D eigenvalue weighted by atomic mass is 16.3. The lowest BCUT2D eigenvalue weighted by atomic mass is 9.96. The van der Waals surface area contributed by atoms with Gasteiger partial charge in [-0.3, -0.25) is 4.90 Å². The van der Waals surface area contributed by atoms with Crippen molar-refractivity contribution in [1.29, 1.82) is 0 Å². The predicted molar refractivity (Wildman–Crippen MR) is 137 cm³/mol. The van der Waals surface area contributed by atoms with E-state index in [1.165, 1.54) is 36.8 Å². The van der Waals surface area contributed by atoms with Crippen LogP contribution in [0.15, 0.2) is 60.8 Å². The Balaban J connectivity index is 1.22. The van der Waals surface area contributed by atoms with E-state index in [0.717, 1.165) is 49.4 Å². The van der Waals surface area contributed by atoms with Crippen molar-refractivity contribution >= 4 is 0 Å². The molecule has 0 radical (unpaired) electrons. The van der Waals surface area contributed by atoms with Gasteiger partial charge < -0.3 is 10.4 Å². The van der Waals surface area contributed by atoms with E-state index in [0.29, 0.717) is 23.9 Å². The van der Waals surface area contributed by atoms with Crippen molar-refractivity contribution < 1.29 is 5.11 Å². The maximum absolute atomic E-state index is 9.65. The molecule has 5 rings (SSSR count). The lowest BCUT2D eigenvalue weighted by molar-refractivity contribution is 0.110. The maximum Gasteiger partial charge on any atom is 0.128 e. The third kappa shape index (κ3) is 5.48. The number of aromatic hydroxyl groups is 1. The van der Waals surface area contributed by atoms with Crippen molar-refractivity contribution in [2.75, 3.05) is 6.54 Å². The van der Waals surface area contributed by atoms with Crippen LogP contribution in [0.4, 0.5) is 0 Å². The summed E-state index contributed by atoms with van der Waals surface area (Å²) < 4.78 is 0. The number of nitrogens with one attached hydrogen (secondary N) is 1. The first-order valence-electron chi connectivity index (χ1n) is 12.9. The zero-order valence-corrected chi connectivity index (χ0v) is 20.2. The van der Waals surface area contributed by atoms with Gasteiger partial charge in [0.25, 0.3) is 0 Å². The standard InChI is InChI=1S/C29H36N4O/c1-2-30-24-18-25-12-13-26(19-24)33(25)20-22-8-3-9-23(16-22)28-14-15-31-29(32-28)11-5-7-21-6-4-10-27(34)17-21/h3-4,6,8-10,14-17,24-26,30,34H,2,5,7,11-13,18-20H2,1H3. The van der Waals surface area contributed by atoms with E-state index in [1.54, 1.807) is 6.07 Å². The average molecular weight is 457 g/mol. The van der Waals surface area contributed by atoms with Gasteiger partial charge in [-0.25, -0.2) is 9.97 Å². The Kier molecular flexibility index (Phi) is 7.21. The summed E-state index contributed by atoms with van der Waals surface area (Å²) in [5.41, 5.74) is 4.69. The SMILES string of the molecule is CCNC1CC2CCC(C1)N2Cc1cccc(-c2ccnc(CCCc3cccc(O)c3)n2)c1. The number of aromatic nitrogens is 2. The van der Waals surface area contributed by atoms with Crippen LogP contribution in [0.1, 0.15) is 56.0 Å². The molecule has 2 fully saturated rings. The van der Waals surface area contributed by atoms with Gasteiger partial charge >= 0.3 is 0 Å². The van der Waals surface area contributed by atoms with Crippen molar-refractivity contribution in [3.05, 3.63) is 77.7 Å². The van der Waals surface area contributed by atoms with E-state index in [-0.39, 0.29) is 0 Å². The third-order valence-electron chi connectivity index (χ3n) is 7.45. The molecule has 0 spiro atoms. The van der Waals surface area contributed by atoms with Gasteiger partial charge in [-0.1, -0.05) is 37.3 Å². The van der Waals surface area contributed by atoms with Crippen LogP contribution in [0.2, 0.25) is 0 Å². The molecule has 2 aromatic carbocycles. The molecule has 1 aromatic heterocycles. The van der Waals surface area contributed by atoms with Crippen molar-refractivity contribution in [2.24, 2.45) is 0 Å². The normalized spacial score (nSPS) is 22.2. The molecule has 0 amide bonds. The molecule has 5 heteroatoms. The van der Waals surface area contributed by atoms with Gasteiger partial charge in [0.1, 0.15) is 11.6 Å². The average Bonchev–Trinajstić information content (AvgIpc) is 3.07. The van der Waals surface area contributed by atoms with Crippen LogP contribution in [0.3, 0.4) is 0 Å². The van der Waals surface area contributed by atoms with Crippen LogP contribution in [0.25, 0.3) is 11.3 Å². The third-order valence-corrected chi connectivity index (χ3v) is 7.45. The van der Waals surface area contributed by atoms with Crippen LogP contribution < -0.4 is 5.32 Å². The highest BCUT2D eigenvalue weighted by Crippen LogP contribution is 2.37. The van der Waals surface area contributed by atoms with E-state index in [4.69, 9.17) is 4.98 Å². The Morgan fingerprint density at radius 1 is 0.971 bits per heavy atom. The first kappa shape index (κ1) is 23.0. The van der Waals surface area contributed by atoms with Crippen molar-refractivity contribution in [2.45, 2.75) is 76.5 Å². The van der Waals surface area contributed by atoms with Crippen LogP contribution in [-0.2, 0) is 19.4 Å². The molecule has 2 aliphatic heterocycles. The largest absolute Gasteiger partial charge is 0.508 e. The minimum absolute atomic E-state index is 0.325. The van der Waals surface area contributed by atoms with E-state index in [2.05, 4.69) is 52.5 Å². The number of fused-ring (bicyclic) bond motifs is 2. The minimum atomic E-state index is 0.325. The fourth-order valence-electron chi connectivity index (χ4n) is 5.87. The molecule has 3 aromatic rings. The van der Waals surface area contributed by atoms with E-state index < -0.39 is 0 Å². The number of aryl methyl sites for hydroxylation is 2. The Labute approximate surface area is 203 Å². The molecular formula is C29H36N4O. The smallest absolute Gasteiger partial charge is 0.128 e. The topological polar surface area (TPSA) is 61.3 Å². The Morgan fingerprint density at radius 2 is 1.76 bits per heavy atom. The second-order valence-electron chi connectivity index (χ2n) is 9.87. The predicted octanol–water partition coefficient (Wildman–Crippen LogP) is 5.13.